The third-order valence-corrected chi connectivity index (χ3v) is 4.26. The lowest BCUT2D eigenvalue weighted by atomic mass is 9.97. The van der Waals surface area contributed by atoms with Crippen LogP contribution in [0.3, 0.4) is 0 Å². The highest BCUT2D eigenvalue weighted by Crippen LogP contribution is 2.29. The number of furan rings is 1. The normalized spacial score (nSPS) is 15.6. The summed E-state index contributed by atoms with van der Waals surface area (Å²) < 4.78 is 5.56. The van der Waals surface area contributed by atoms with E-state index in [2.05, 4.69) is 17.5 Å². The fourth-order valence-corrected chi connectivity index (χ4v) is 3.08. The number of hydrogen-bond donors (Lipinski definition) is 1. The van der Waals surface area contributed by atoms with Crippen molar-refractivity contribution in [2.24, 2.45) is 0 Å². The van der Waals surface area contributed by atoms with Crippen molar-refractivity contribution in [1.29, 1.82) is 0 Å². The molecule has 0 unspecified atom stereocenters. The van der Waals surface area contributed by atoms with Crippen molar-refractivity contribution in [2.45, 2.75) is 38.6 Å². The van der Waals surface area contributed by atoms with Crippen LogP contribution in [0, 0.1) is 0 Å². The second-order valence-corrected chi connectivity index (χ2v) is 5.73. The molecule has 1 heterocycles. The van der Waals surface area contributed by atoms with Gasteiger partial charge in [0.2, 0.25) is 0 Å². The summed E-state index contributed by atoms with van der Waals surface area (Å²) in [5.41, 5.74) is 3.54. The Morgan fingerprint density at radius 2 is 2.10 bits per heavy atom. The number of halogens is 1. The van der Waals surface area contributed by atoms with Gasteiger partial charge in [-0.25, -0.2) is 0 Å². The highest BCUT2D eigenvalue weighted by Gasteiger charge is 2.11. The molecule has 0 saturated carbocycles. The number of allylic oxidation sites excluding steroid dienone is 1. The lowest BCUT2D eigenvalue weighted by Gasteiger charge is -2.12. The third kappa shape index (κ3) is 3.08. The van der Waals surface area contributed by atoms with E-state index in [1.807, 2.05) is 18.2 Å². The molecule has 1 aliphatic rings. The molecule has 106 valence electrons. The largest absolute Gasteiger partial charge is 0.444 e. The summed E-state index contributed by atoms with van der Waals surface area (Å²) in [7, 11) is 0. The maximum absolute atomic E-state index is 6.18. The summed E-state index contributed by atoms with van der Waals surface area (Å²) in [5.74, 6) is 0. The molecule has 2 aromatic rings. The van der Waals surface area contributed by atoms with Gasteiger partial charge in [-0.15, -0.1) is 0 Å². The first-order chi connectivity index (χ1) is 9.84. The molecule has 1 aromatic heterocycles. The molecule has 0 saturated heterocycles. The lowest BCUT2D eigenvalue weighted by molar-refractivity contribution is 0.600. The summed E-state index contributed by atoms with van der Waals surface area (Å²) in [6.45, 7) is 1.77. The fraction of sp³-hybridized carbons (Fsp3) is 0.412. The van der Waals surface area contributed by atoms with Crippen LogP contribution in [-0.4, -0.2) is 6.54 Å². The number of fused-ring (bicyclic) bond motifs is 1. The molecule has 1 aromatic carbocycles. The standard InChI is InChI=1S/C17H20ClNO/c18-17-15(14-8-4-5-9-16(14)20-17)12-19-11-10-13-6-2-1-3-7-13/h4-6,8-9,19H,1-3,7,10-12H2. The van der Waals surface area contributed by atoms with Gasteiger partial charge in [0, 0.05) is 17.5 Å². The summed E-state index contributed by atoms with van der Waals surface area (Å²) in [5, 5.41) is 5.11. The van der Waals surface area contributed by atoms with E-state index < -0.39 is 0 Å². The van der Waals surface area contributed by atoms with Crippen LogP contribution in [0.5, 0.6) is 0 Å². The number of benzene rings is 1. The van der Waals surface area contributed by atoms with E-state index in [4.69, 9.17) is 16.0 Å². The number of nitrogens with one attached hydrogen (secondary N) is 1. The van der Waals surface area contributed by atoms with Crippen molar-refractivity contribution in [3.63, 3.8) is 0 Å². The summed E-state index contributed by atoms with van der Waals surface area (Å²) >= 11 is 6.18. The molecule has 3 rings (SSSR count). The Labute approximate surface area is 124 Å². The van der Waals surface area contributed by atoms with Gasteiger partial charge in [0.1, 0.15) is 5.58 Å². The van der Waals surface area contributed by atoms with Gasteiger partial charge in [0.25, 0.3) is 0 Å². The Balaban J connectivity index is 1.57. The van der Waals surface area contributed by atoms with Gasteiger partial charge in [-0.05, 0) is 56.3 Å². The summed E-state index contributed by atoms with van der Waals surface area (Å²) in [6, 6.07) is 8.00. The van der Waals surface area contributed by atoms with Gasteiger partial charge in [-0.3, -0.25) is 0 Å². The van der Waals surface area contributed by atoms with Crippen LogP contribution in [0.25, 0.3) is 11.0 Å². The van der Waals surface area contributed by atoms with Crippen molar-refractivity contribution in [2.75, 3.05) is 6.54 Å². The Kier molecular flexibility index (Phi) is 4.44. The molecule has 0 spiro atoms. The first-order valence-corrected chi connectivity index (χ1v) is 7.77. The summed E-state index contributed by atoms with van der Waals surface area (Å²) in [4.78, 5) is 0. The Morgan fingerprint density at radius 3 is 2.95 bits per heavy atom. The molecular weight excluding hydrogens is 270 g/mol. The average molecular weight is 290 g/mol. The van der Waals surface area contributed by atoms with Crippen molar-refractivity contribution in [3.05, 3.63) is 46.7 Å². The van der Waals surface area contributed by atoms with Gasteiger partial charge < -0.3 is 9.73 Å². The van der Waals surface area contributed by atoms with Gasteiger partial charge in [0.15, 0.2) is 5.22 Å². The van der Waals surface area contributed by atoms with Crippen LogP contribution in [0.2, 0.25) is 5.22 Å². The zero-order valence-electron chi connectivity index (χ0n) is 11.6. The number of para-hydroxylation sites is 1. The molecular formula is C17H20ClNO. The van der Waals surface area contributed by atoms with E-state index in [-0.39, 0.29) is 0 Å². The average Bonchev–Trinajstić information content (AvgIpc) is 2.80. The Bertz CT molecular complexity index is 614. The number of hydrogen-bond acceptors (Lipinski definition) is 2. The van der Waals surface area contributed by atoms with Crippen LogP contribution in [0.4, 0.5) is 0 Å². The SMILES string of the molecule is Clc1oc2ccccc2c1CNCCC1=CCCCC1. The van der Waals surface area contributed by atoms with Crippen molar-refractivity contribution in [3.8, 4) is 0 Å². The van der Waals surface area contributed by atoms with Crippen LogP contribution >= 0.6 is 11.6 Å². The minimum atomic E-state index is 0.510. The third-order valence-electron chi connectivity index (χ3n) is 3.96. The van der Waals surface area contributed by atoms with Gasteiger partial charge in [-0.1, -0.05) is 29.8 Å². The fourth-order valence-electron chi connectivity index (χ4n) is 2.83. The van der Waals surface area contributed by atoms with Gasteiger partial charge in [0.05, 0.1) is 0 Å². The molecule has 0 fully saturated rings. The topological polar surface area (TPSA) is 25.2 Å². The van der Waals surface area contributed by atoms with Crippen LogP contribution in [0.1, 0.15) is 37.7 Å². The van der Waals surface area contributed by atoms with Crippen LogP contribution in [-0.2, 0) is 6.54 Å². The van der Waals surface area contributed by atoms with Crippen molar-refractivity contribution < 1.29 is 4.42 Å². The number of rotatable bonds is 5. The second-order valence-electron chi connectivity index (χ2n) is 5.39. The van der Waals surface area contributed by atoms with Crippen LogP contribution in [0.15, 0.2) is 40.3 Å². The Morgan fingerprint density at radius 1 is 1.20 bits per heavy atom. The molecule has 0 radical (unpaired) electrons. The molecule has 1 N–H and O–H groups in total. The summed E-state index contributed by atoms with van der Waals surface area (Å²) in [6.07, 6.45) is 8.79. The van der Waals surface area contributed by atoms with E-state index in [1.165, 1.54) is 25.7 Å². The second kappa shape index (κ2) is 6.47. The minimum Gasteiger partial charge on any atom is -0.444 e. The molecule has 2 nitrogen and oxygen atoms in total. The molecule has 0 aliphatic heterocycles. The van der Waals surface area contributed by atoms with E-state index in [1.54, 1.807) is 5.57 Å². The monoisotopic (exact) mass is 289 g/mol. The van der Waals surface area contributed by atoms with Gasteiger partial charge >= 0.3 is 0 Å². The zero-order valence-corrected chi connectivity index (χ0v) is 12.4. The van der Waals surface area contributed by atoms with E-state index in [0.29, 0.717) is 5.22 Å². The van der Waals surface area contributed by atoms with Crippen molar-refractivity contribution >= 4 is 22.6 Å². The smallest absolute Gasteiger partial charge is 0.199 e. The zero-order chi connectivity index (χ0) is 13.8. The maximum atomic E-state index is 6.18. The van der Waals surface area contributed by atoms with E-state index in [9.17, 15) is 0 Å². The predicted molar refractivity (Wildman–Crippen MR) is 84.1 cm³/mol. The molecule has 3 heteroatoms. The first kappa shape index (κ1) is 13.7. The quantitative estimate of drug-likeness (QED) is 0.614. The minimum absolute atomic E-state index is 0.510. The Hall–Kier alpha value is -1.25. The molecule has 1 aliphatic carbocycles. The maximum Gasteiger partial charge on any atom is 0.199 e. The predicted octanol–water partition coefficient (Wildman–Crippen LogP) is 5.07. The van der Waals surface area contributed by atoms with E-state index >= 15 is 0 Å². The highest BCUT2D eigenvalue weighted by molar-refractivity contribution is 6.30. The molecule has 0 amide bonds. The van der Waals surface area contributed by atoms with Crippen molar-refractivity contribution in [1.82, 2.24) is 5.32 Å². The highest BCUT2D eigenvalue weighted by atomic mass is 35.5. The molecule has 0 atom stereocenters. The molecule has 0 bridgehead atoms. The first-order valence-electron chi connectivity index (χ1n) is 7.39. The van der Waals surface area contributed by atoms with E-state index in [0.717, 1.165) is 36.0 Å². The molecule has 20 heavy (non-hydrogen) atoms. The lowest BCUT2D eigenvalue weighted by Crippen LogP contribution is -2.15. The van der Waals surface area contributed by atoms with Gasteiger partial charge in [-0.2, -0.15) is 0 Å². The van der Waals surface area contributed by atoms with Crippen LogP contribution < -0.4 is 5.32 Å².